The van der Waals surface area contributed by atoms with E-state index in [0.717, 1.165) is 25.7 Å². The molecule has 1 saturated carbocycles. The minimum atomic E-state index is -0.670. The van der Waals surface area contributed by atoms with Crippen LogP contribution in [0.5, 0.6) is 0 Å². The lowest BCUT2D eigenvalue weighted by Crippen LogP contribution is -2.57. The van der Waals surface area contributed by atoms with Gasteiger partial charge < -0.3 is 20.1 Å². The molecule has 2 N–H and O–H groups in total. The van der Waals surface area contributed by atoms with E-state index >= 15 is 0 Å². The van der Waals surface area contributed by atoms with Crippen LogP contribution >= 0.6 is 0 Å². The fourth-order valence-electron chi connectivity index (χ4n) is 2.66. The summed E-state index contributed by atoms with van der Waals surface area (Å²) in [5.41, 5.74) is 5.67. The lowest BCUT2D eigenvalue weighted by molar-refractivity contribution is -0.139. The van der Waals surface area contributed by atoms with Gasteiger partial charge in [-0.05, 0) is 26.7 Å². The smallest absolute Gasteiger partial charge is 0.242 e. The van der Waals surface area contributed by atoms with E-state index in [1.54, 1.807) is 0 Å². The van der Waals surface area contributed by atoms with Gasteiger partial charge in [0.05, 0.1) is 18.8 Å². The van der Waals surface area contributed by atoms with Crippen LogP contribution < -0.4 is 5.73 Å². The Bertz CT molecular complexity index is 268. The third-order valence-electron chi connectivity index (χ3n) is 3.88. The minimum absolute atomic E-state index is 0.0663. The van der Waals surface area contributed by atoms with Crippen LogP contribution in [0.1, 0.15) is 46.0 Å². The molecule has 1 aliphatic carbocycles. The maximum absolute atomic E-state index is 12.7. The van der Waals surface area contributed by atoms with Crippen molar-refractivity contribution >= 4 is 5.91 Å². The van der Waals surface area contributed by atoms with Crippen molar-refractivity contribution in [2.45, 2.75) is 51.5 Å². The zero-order valence-electron chi connectivity index (χ0n) is 13.0. The second kappa shape index (κ2) is 9.32. The Balaban J connectivity index is 2.56. The number of carbonyl (C=O) groups is 1. The predicted octanol–water partition coefficient (Wildman–Crippen LogP) is 1.55. The van der Waals surface area contributed by atoms with Gasteiger partial charge in [-0.15, -0.1) is 0 Å². The third-order valence-corrected chi connectivity index (χ3v) is 3.88. The van der Waals surface area contributed by atoms with Gasteiger partial charge in [-0.2, -0.15) is 0 Å². The van der Waals surface area contributed by atoms with Gasteiger partial charge >= 0.3 is 0 Å². The Labute approximate surface area is 122 Å². The maximum atomic E-state index is 12.7. The van der Waals surface area contributed by atoms with Crippen molar-refractivity contribution in [2.24, 2.45) is 5.73 Å². The molecule has 1 rings (SSSR count). The predicted molar refractivity (Wildman–Crippen MR) is 79.6 cm³/mol. The standard InChI is InChI=1S/C15H30N2O3/c1-3-19-12-10-17(11-13-20-4-2)14(18)15(16)8-6-5-7-9-15/h3-13,16H2,1-2H3. The van der Waals surface area contributed by atoms with Crippen molar-refractivity contribution in [1.29, 1.82) is 0 Å². The molecule has 1 aliphatic rings. The van der Waals surface area contributed by atoms with Crippen LogP contribution in [0.25, 0.3) is 0 Å². The van der Waals surface area contributed by atoms with E-state index in [0.29, 0.717) is 39.5 Å². The molecule has 118 valence electrons. The van der Waals surface area contributed by atoms with E-state index in [-0.39, 0.29) is 5.91 Å². The first kappa shape index (κ1) is 17.4. The van der Waals surface area contributed by atoms with Crippen molar-refractivity contribution in [3.05, 3.63) is 0 Å². The maximum Gasteiger partial charge on any atom is 0.242 e. The summed E-state index contributed by atoms with van der Waals surface area (Å²) in [6, 6.07) is 0. The summed E-state index contributed by atoms with van der Waals surface area (Å²) < 4.78 is 10.7. The van der Waals surface area contributed by atoms with Crippen LogP contribution in [0.2, 0.25) is 0 Å². The lowest BCUT2D eigenvalue weighted by atomic mass is 9.81. The van der Waals surface area contributed by atoms with Crippen molar-refractivity contribution < 1.29 is 14.3 Å². The molecule has 0 saturated heterocycles. The fourth-order valence-corrected chi connectivity index (χ4v) is 2.66. The van der Waals surface area contributed by atoms with E-state index in [2.05, 4.69) is 0 Å². The Morgan fingerprint density at radius 3 is 2.00 bits per heavy atom. The summed E-state index contributed by atoms with van der Waals surface area (Å²) in [4.78, 5) is 14.5. The van der Waals surface area contributed by atoms with Gasteiger partial charge in [-0.3, -0.25) is 4.79 Å². The topological polar surface area (TPSA) is 64.8 Å². The quantitative estimate of drug-likeness (QED) is 0.653. The molecule has 0 aromatic rings. The molecule has 0 atom stereocenters. The van der Waals surface area contributed by atoms with Crippen LogP contribution in [0, 0.1) is 0 Å². The molecule has 5 heteroatoms. The molecule has 0 radical (unpaired) electrons. The molecule has 0 heterocycles. The zero-order chi connectivity index (χ0) is 14.8. The Kier molecular flexibility index (Phi) is 8.11. The largest absolute Gasteiger partial charge is 0.380 e. The number of carbonyl (C=O) groups excluding carboxylic acids is 1. The van der Waals surface area contributed by atoms with Gasteiger partial charge in [-0.1, -0.05) is 19.3 Å². The van der Waals surface area contributed by atoms with E-state index in [1.165, 1.54) is 6.42 Å². The summed E-state index contributed by atoms with van der Waals surface area (Å²) in [6.45, 7) is 7.56. The molecular formula is C15H30N2O3. The summed E-state index contributed by atoms with van der Waals surface area (Å²) >= 11 is 0. The van der Waals surface area contributed by atoms with E-state index in [9.17, 15) is 4.79 Å². The van der Waals surface area contributed by atoms with Gasteiger partial charge in [0.2, 0.25) is 5.91 Å². The normalized spacial score (nSPS) is 17.9. The molecule has 0 bridgehead atoms. The second-order valence-corrected chi connectivity index (χ2v) is 5.40. The highest BCUT2D eigenvalue weighted by atomic mass is 16.5. The molecule has 1 amide bonds. The Morgan fingerprint density at radius 1 is 1.05 bits per heavy atom. The van der Waals surface area contributed by atoms with Crippen LogP contribution in [-0.2, 0) is 14.3 Å². The lowest BCUT2D eigenvalue weighted by Gasteiger charge is -2.37. The van der Waals surface area contributed by atoms with Gasteiger partial charge in [0, 0.05) is 26.3 Å². The van der Waals surface area contributed by atoms with Gasteiger partial charge in [0.25, 0.3) is 0 Å². The SMILES string of the molecule is CCOCCN(CCOCC)C(=O)C1(N)CCCCC1. The summed E-state index contributed by atoms with van der Waals surface area (Å²) in [5, 5.41) is 0. The molecule has 5 nitrogen and oxygen atoms in total. The number of amides is 1. The third kappa shape index (κ3) is 5.38. The second-order valence-electron chi connectivity index (χ2n) is 5.40. The van der Waals surface area contributed by atoms with Crippen LogP contribution in [0.15, 0.2) is 0 Å². The highest BCUT2D eigenvalue weighted by Gasteiger charge is 2.38. The summed E-state index contributed by atoms with van der Waals surface area (Å²) in [5.74, 6) is 0.0663. The molecule has 20 heavy (non-hydrogen) atoms. The molecule has 0 spiro atoms. The van der Waals surface area contributed by atoms with Crippen molar-refractivity contribution in [1.82, 2.24) is 4.90 Å². The molecular weight excluding hydrogens is 256 g/mol. The highest BCUT2D eigenvalue weighted by Crippen LogP contribution is 2.27. The number of rotatable bonds is 9. The number of hydrogen-bond donors (Lipinski definition) is 1. The van der Waals surface area contributed by atoms with Gasteiger partial charge in [0.15, 0.2) is 0 Å². The van der Waals surface area contributed by atoms with E-state index in [1.807, 2.05) is 18.7 Å². The Hall–Kier alpha value is -0.650. The first-order chi connectivity index (χ1) is 9.64. The fraction of sp³-hybridized carbons (Fsp3) is 0.933. The van der Waals surface area contributed by atoms with Crippen LogP contribution in [-0.4, -0.2) is 55.9 Å². The number of hydrogen-bond acceptors (Lipinski definition) is 4. The molecule has 0 unspecified atom stereocenters. The van der Waals surface area contributed by atoms with E-state index < -0.39 is 5.54 Å². The molecule has 1 fully saturated rings. The first-order valence-corrected chi connectivity index (χ1v) is 7.87. The van der Waals surface area contributed by atoms with Gasteiger partial charge in [-0.25, -0.2) is 0 Å². The zero-order valence-corrected chi connectivity index (χ0v) is 13.0. The average molecular weight is 286 g/mol. The number of nitrogens with zero attached hydrogens (tertiary/aromatic N) is 1. The summed E-state index contributed by atoms with van der Waals surface area (Å²) in [7, 11) is 0. The number of nitrogens with two attached hydrogens (primary N) is 1. The van der Waals surface area contributed by atoms with Gasteiger partial charge in [0.1, 0.15) is 0 Å². The van der Waals surface area contributed by atoms with Crippen LogP contribution in [0.4, 0.5) is 0 Å². The van der Waals surface area contributed by atoms with Crippen molar-refractivity contribution in [3.8, 4) is 0 Å². The van der Waals surface area contributed by atoms with Crippen molar-refractivity contribution in [2.75, 3.05) is 39.5 Å². The highest BCUT2D eigenvalue weighted by molar-refractivity contribution is 5.86. The monoisotopic (exact) mass is 286 g/mol. The molecule has 0 aromatic carbocycles. The molecule has 0 aliphatic heterocycles. The first-order valence-electron chi connectivity index (χ1n) is 7.87. The summed E-state index contributed by atoms with van der Waals surface area (Å²) in [6.07, 6.45) is 4.88. The molecule has 0 aromatic heterocycles. The van der Waals surface area contributed by atoms with Crippen molar-refractivity contribution in [3.63, 3.8) is 0 Å². The van der Waals surface area contributed by atoms with E-state index in [4.69, 9.17) is 15.2 Å². The minimum Gasteiger partial charge on any atom is -0.380 e. The van der Waals surface area contributed by atoms with Crippen LogP contribution in [0.3, 0.4) is 0 Å². The Morgan fingerprint density at radius 2 is 1.55 bits per heavy atom. The average Bonchev–Trinajstić information content (AvgIpc) is 2.46. The number of ether oxygens (including phenoxy) is 2.